The second-order valence-corrected chi connectivity index (χ2v) is 7.35. The molecule has 1 unspecified atom stereocenters. The van der Waals surface area contributed by atoms with E-state index in [2.05, 4.69) is 41.4 Å². The first-order valence-electron chi connectivity index (χ1n) is 9.25. The van der Waals surface area contributed by atoms with Crippen molar-refractivity contribution in [2.24, 2.45) is 5.92 Å². The van der Waals surface area contributed by atoms with E-state index >= 15 is 0 Å². The molecule has 3 nitrogen and oxygen atoms in total. The zero-order valence-corrected chi connectivity index (χ0v) is 15.3. The van der Waals surface area contributed by atoms with Gasteiger partial charge in [0.1, 0.15) is 0 Å². The van der Waals surface area contributed by atoms with Gasteiger partial charge in [-0.25, -0.2) is 0 Å². The van der Waals surface area contributed by atoms with Crippen molar-refractivity contribution in [3.8, 4) is 0 Å². The normalized spacial score (nSPS) is 18.1. The van der Waals surface area contributed by atoms with Gasteiger partial charge in [-0.2, -0.15) is 0 Å². The van der Waals surface area contributed by atoms with E-state index in [1.807, 2.05) is 31.2 Å². The molecule has 0 aromatic heterocycles. The van der Waals surface area contributed by atoms with Crippen molar-refractivity contribution < 1.29 is 4.79 Å². The van der Waals surface area contributed by atoms with Gasteiger partial charge in [0.25, 0.3) is 5.91 Å². The Balaban J connectivity index is 1.50. The Hall–Kier alpha value is -2.13. The Bertz CT molecular complexity index is 691. The molecule has 1 aliphatic rings. The third-order valence-corrected chi connectivity index (χ3v) is 4.94. The maximum absolute atomic E-state index is 12.2. The molecule has 1 atom stereocenters. The highest BCUT2D eigenvalue weighted by Gasteiger charge is 2.16. The minimum absolute atomic E-state index is 0.0219. The fourth-order valence-electron chi connectivity index (χ4n) is 3.44. The number of hydrogen-bond acceptors (Lipinski definition) is 2. The highest BCUT2D eigenvalue weighted by atomic mass is 16.1. The maximum Gasteiger partial charge on any atom is 0.251 e. The minimum atomic E-state index is -0.0219. The van der Waals surface area contributed by atoms with Crippen LogP contribution in [0, 0.1) is 12.8 Å². The zero-order chi connectivity index (χ0) is 17.6. The van der Waals surface area contributed by atoms with Crippen LogP contribution in [-0.2, 0) is 13.1 Å². The monoisotopic (exact) mass is 336 g/mol. The summed E-state index contributed by atoms with van der Waals surface area (Å²) in [7, 11) is 0. The van der Waals surface area contributed by atoms with E-state index in [1.54, 1.807) is 0 Å². The summed E-state index contributed by atoms with van der Waals surface area (Å²) in [5, 5.41) is 2.99. The summed E-state index contributed by atoms with van der Waals surface area (Å²) in [6, 6.07) is 16.3. The number of nitrogens with one attached hydrogen (secondary N) is 1. The molecule has 0 aliphatic carbocycles. The molecule has 3 rings (SSSR count). The lowest BCUT2D eigenvalue weighted by Crippen LogP contribution is -2.33. The van der Waals surface area contributed by atoms with Crippen LogP contribution < -0.4 is 5.32 Å². The van der Waals surface area contributed by atoms with Gasteiger partial charge in [-0.3, -0.25) is 9.69 Å². The Labute approximate surface area is 151 Å². The molecule has 0 saturated carbocycles. The highest BCUT2D eigenvalue weighted by Crippen LogP contribution is 2.18. The van der Waals surface area contributed by atoms with Gasteiger partial charge in [-0.15, -0.1) is 0 Å². The number of piperidine rings is 1. The molecule has 132 valence electrons. The van der Waals surface area contributed by atoms with Crippen LogP contribution >= 0.6 is 0 Å². The third kappa shape index (κ3) is 5.17. The molecular weight excluding hydrogens is 308 g/mol. The first-order valence-corrected chi connectivity index (χ1v) is 9.25. The van der Waals surface area contributed by atoms with E-state index in [9.17, 15) is 4.79 Å². The number of rotatable bonds is 5. The summed E-state index contributed by atoms with van der Waals surface area (Å²) in [5.74, 6) is 0.788. The summed E-state index contributed by atoms with van der Waals surface area (Å²) >= 11 is 0. The van der Waals surface area contributed by atoms with Gasteiger partial charge < -0.3 is 5.32 Å². The summed E-state index contributed by atoms with van der Waals surface area (Å²) in [4.78, 5) is 14.7. The molecule has 3 heteroatoms. The van der Waals surface area contributed by atoms with Crippen molar-refractivity contribution in [1.29, 1.82) is 0 Å². The molecule has 1 saturated heterocycles. The van der Waals surface area contributed by atoms with Crippen LogP contribution in [0.2, 0.25) is 0 Å². The summed E-state index contributed by atoms with van der Waals surface area (Å²) in [5.41, 5.74) is 4.36. The largest absolute Gasteiger partial charge is 0.348 e. The predicted molar refractivity (Wildman–Crippen MR) is 102 cm³/mol. The number of aryl methyl sites for hydroxylation is 1. The van der Waals surface area contributed by atoms with Crippen molar-refractivity contribution in [2.75, 3.05) is 13.1 Å². The molecule has 1 aliphatic heterocycles. The molecule has 0 spiro atoms. The lowest BCUT2D eigenvalue weighted by atomic mass is 9.99. The molecule has 2 aromatic rings. The lowest BCUT2D eigenvalue weighted by Gasteiger charge is -2.30. The number of benzene rings is 2. The van der Waals surface area contributed by atoms with Crippen LogP contribution in [0.4, 0.5) is 0 Å². The van der Waals surface area contributed by atoms with E-state index in [0.29, 0.717) is 12.1 Å². The first-order chi connectivity index (χ1) is 12.1. The summed E-state index contributed by atoms with van der Waals surface area (Å²) in [6.07, 6.45) is 2.67. The van der Waals surface area contributed by atoms with Gasteiger partial charge in [0.2, 0.25) is 0 Å². The van der Waals surface area contributed by atoms with Crippen LogP contribution in [-0.4, -0.2) is 23.9 Å². The van der Waals surface area contributed by atoms with E-state index in [0.717, 1.165) is 23.6 Å². The quantitative estimate of drug-likeness (QED) is 0.889. The van der Waals surface area contributed by atoms with Crippen molar-refractivity contribution in [3.63, 3.8) is 0 Å². The van der Waals surface area contributed by atoms with Gasteiger partial charge >= 0.3 is 0 Å². The van der Waals surface area contributed by atoms with Crippen molar-refractivity contribution in [3.05, 3.63) is 70.8 Å². The van der Waals surface area contributed by atoms with Gasteiger partial charge in [-0.05, 0) is 55.5 Å². The summed E-state index contributed by atoms with van der Waals surface area (Å²) in [6.45, 7) is 8.36. The van der Waals surface area contributed by atoms with E-state index in [-0.39, 0.29) is 5.91 Å². The van der Waals surface area contributed by atoms with Crippen molar-refractivity contribution in [1.82, 2.24) is 10.2 Å². The Morgan fingerprint density at radius 3 is 2.44 bits per heavy atom. The first kappa shape index (κ1) is 17.7. The van der Waals surface area contributed by atoms with Crippen LogP contribution in [0.5, 0.6) is 0 Å². The van der Waals surface area contributed by atoms with Crippen molar-refractivity contribution in [2.45, 2.75) is 39.8 Å². The van der Waals surface area contributed by atoms with Crippen LogP contribution in [0.3, 0.4) is 0 Å². The molecule has 1 amide bonds. The molecule has 25 heavy (non-hydrogen) atoms. The molecular formula is C22H28N2O. The molecule has 1 fully saturated rings. The smallest absolute Gasteiger partial charge is 0.251 e. The Morgan fingerprint density at radius 1 is 1.08 bits per heavy atom. The topological polar surface area (TPSA) is 32.3 Å². The van der Waals surface area contributed by atoms with Crippen LogP contribution in [0.1, 0.15) is 46.8 Å². The van der Waals surface area contributed by atoms with Crippen molar-refractivity contribution >= 4 is 5.91 Å². The SMILES string of the molecule is Cc1ccc(C(=O)NCc2ccc(CN3CCCC(C)C3)cc2)cc1. The number of nitrogens with zero attached hydrogens (tertiary/aromatic N) is 1. The van der Waals surface area contributed by atoms with Gasteiger partial charge in [0, 0.05) is 25.2 Å². The van der Waals surface area contributed by atoms with Gasteiger partial charge in [0.15, 0.2) is 0 Å². The lowest BCUT2D eigenvalue weighted by molar-refractivity contribution is 0.0951. The fourth-order valence-corrected chi connectivity index (χ4v) is 3.44. The maximum atomic E-state index is 12.2. The molecule has 0 radical (unpaired) electrons. The number of amides is 1. The zero-order valence-electron chi connectivity index (χ0n) is 15.3. The van der Waals surface area contributed by atoms with E-state index in [4.69, 9.17) is 0 Å². The van der Waals surface area contributed by atoms with Crippen LogP contribution in [0.25, 0.3) is 0 Å². The highest BCUT2D eigenvalue weighted by molar-refractivity contribution is 5.94. The van der Waals surface area contributed by atoms with Crippen LogP contribution in [0.15, 0.2) is 48.5 Å². The molecule has 2 aromatic carbocycles. The van der Waals surface area contributed by atoms with Gasteiger partial charge in [0.05, 0.1) is 0 Å². The second kappa shape index (κ2) is 8.30. The van der Waals surface area contributed by atoms with E-state index in [1.165, 1.54) is 31.5 Å². The van der Waals surface area contributed by atoms with E-state index < -0.39 is 0 Å². The minimum Gasteiger partial charge on any atom is -0.348 e. The summed E-state index contributed by atoms with van der Waals surface area (Å²) < 4.78 is 0. The average molecular weight is 336 g/mol. The van der Waals surface area contributed by atoms with Gasteiger partial charge in [-0.1, -0.05) is 48.9 Å². The number of likely N-dealkylation sites (tertiary alicyclic amines) is 1. The molecule has 0 bridgehead atoms. The number of carbonyl (C=O) groups is 1. The number of carbonyl (C=O) groups excluding carboxylic acids is 1. The fraction of sp³-hybridized carbons (Fsp3) is 0.409. The third-order valence-electron chi connectivity index (χ3n) is 4.94. The Morgan fingerprint density at radius 2 is 1.76 bits per heavy atom. The molecule has 1 heterocycles. The average Bonchev–Trinajstić information content (AvgIpc) is 2.61. The molecule has 1 N–H and O–H groups in total. The number of hydrogen-bond donors (Lipinski definition) is 1. The predicted octanol–water partition coefficient (Wildman–Crippen LogP) is 4.16. The second-order valence-electron chi connectivity index (χ2n) is 7.35. The standard InChI is InChI=1S/C22H28N2O/c1-17-5-11-21(12-6-17)22(25)23-14-19-7-9-20(10-8-19)16-24-13-3-4-18(2)15-24/h5-12,18H,3-4,13-16H2,1-2H3,(H,23,25). The Kier molecular flexibility index (Phi) is 5.87.